The fraction of sp³-hybridized carbons (Fsp3) is 0.0526. The Morgan fingerprint density at radius 2 is 1.70 bits per heavy atom. The first-order chi connectivity index (χ1) is 11.2. The number of halogens is 1. The molecule has 4 heteroatoms. The molecule has 0 saturated heterocycles. The highest BCUT2D eigenvalue weighted by Gasteiger charge is 2.11. The fourth-order valence-electron chi connectivity index (χ4n) is 2.65. The van der Waals surface area contributed by atoms with Crippen LogP contribution in [0.4, 0.5) is 5.69 Å². The van der Waals surface area contributed by atoms with Crippen molar-refractivity contribution in [1.82, 2.24) is 0 Å². The van der Waals surface area contributed by atoms with E-state index in [2.05, 4.69) is 18.2 Å². The van der Waals surface area contributed by atoms with E-state index in [-0.39, 0.29) is 0 Å². The molecule has 0 aliphatic heterocycles. The lowest BCUT2D eigenvalue weighted by Crippen LogP contribution is -1.89. The van der Waals surface area contributed by atoms with Gasteiger partial charge in [-0.1, -0.05) is 41.9 Å². The third-order valence-electron chi connectivity index (χ3n) is 3.80. The van der Waals surface area contributed by atoms with Crippen molar-refractivity contribution in [3.05, 3.63) is 71.2 Å². The van der Waals surface area contributed by atoms with Crippen LogP contribution in [0.15, 0.2) is 70.0 Å². The first kappa shape index (κ1) is 14.5. The summed E-state index contributed by atoms with van der Waals surface area (Å²) >= 11 is 7.85. The average molecular weight is 340 g/mol. The third-order valence-corrected chi connectivity index (χ3v) is 5.18. The molecule has 23 heavy (non-hydrogen) atoms. The van der Waals surface area contributed by atoms with Crippen LogP contribution in [0, 0.1) is 0 Å². The van der Waals surface area contributed by atoms with Crippen LogP contribution in [-0.4, -0.2) is 0 Å². The number of nitrogens with two attached hydrogens (primary N) is 1. The van der Waals surface area contributed by atoms with Gasteiger partial charge in [0.25, 0.3) is 0 Å². The van der Waals surface area contributed by atoms with Crippen molar-refractivity contribution >= 4 is 51.0 Å². The average Bonchev–Trinajstić information content (AvgIpc) is 2.90. The molecule has 2 N–H and O–H groups in total. The summed E-state index contributed by atoms with van der Waals surface area (Å²) in [5.74, 6) is 0.882. The molecular weight excluding hydrogens is 326 g/mol. The van der Waals surface area contributed by atoms with E-state index >= 15 is 0 Å². The summed E-state index contributed by atoms with van der Waals surface area (Å²) in [6.45, 7) is 0. The first-order valence-corrected chi connectivity index (χ1v) is 8.65. The van der Waals surface area contributed by atoms with E-state index in [1.54, 1.807) is 11.8 Å². The van der Waals surface area contributed by atoms with Crippen LogP contribution in [-0.2, 0) is 5.75 Å². The predicted octanol–water partition coefficient (Wildman–Crippen LogP) is 6.11. The molecule has 2 nitrogen and oxygen atoms in total. The smallest absolute Gasteiger partial charge is 0.137 e. The second-order valence-electron chi connectivity index (χ2n) is 5.40. The van der Waals surface area contributed by atoms with E-state index in [1.807, 2.05) is 42.5 Å². The van der Waals surface area contributed by atoms with Gasteiger partial charge in [-0.25, -0.2) is 0 Å². The minimum Gasteiger partial charge on any atom is -0.456 e. The standard InChI is InChI=1S/C19H14ClNOS/c20-13-6-7-17-14(8-13)15-9-19(16(21)10-18(15)22-17)23-11-12-4-2-1-3-5-12/h1-10H,11,21H2. The van der Waals surface area contributed by atoms with Crippen molar-refractivity contribution < 1.29 is 4.42 Å². The Hall–Kier alpha value is -2.10. The molecule has 1 heterocycles. The molecule has 4 aromatic rings. The first-order valence-electron chi connectivity index (χ1n) is 7.29. The second-order valence-corrected chi connectivity index (χ2v) is 6.86. The number of fused-ring (bicyclic) bond motifs is 3. The van der Waals surface area contributed by atoms with E-state index in [0.29, 0.717) is 5.02 Å². The number of anilines is 1. The van der Waals surface area contributed by atoms with Gasteiger partial charge in [-0.05, 0) is 29.8 Å². The van der Waals surface area contributed by atoms with E-state index < -0.39 is 0 Å². The molecule has 3 aromatic carbocycles. The number of hydrogen-bond acceptors (Lipinski definition) is 3. The summed E-state index contributed by atoms with van der Waals surface area (Å²) in [6.07, 6.45) is 0. The lowest BCUT2D eigenvalue weighted by atomic mass is 10.1. The summed E-state index contributed by atoms with van der Waals surface area (Å²) < 4.78 is 5.86. The highest BCUT2D eigenvalue weighted by atomic mass is 35.5. The van der Waals surface area contributed by atoms with Gasteiger partial charge in [0.2, 0.25) is 0 Å². The van der Waals surface area contributed by atoms with Gasteiger partial charge in [0, 0.05) is 38.2 Å². The molecule has 0 aliphatic rings. The number of hydrogen-bond donors (Lipinski definition) is 1. The fourth-order valence-corrected chi connectivity index (χ4v) is 3.76. The van der Waals surface area contributed by atoms with Crippen molar-refractivity contribution in [2.45, 2.75) is 10.6 Å². The van der Waals surface area contributed by atoms with Crippen LogP contribution in [0.2, 0.25) is 5.02 Å². The zero-order chi connectivity index (χ0) is 15.8. The van der Waals surface area contributed by atoms with Gasteiger partial charge < -0.3 is 10.2 Å². The molecule has 114 valence electrons. The topological polar surface area (TPSA) is 39.2 Å². The van der Waals surface area contributed by atoms with Crippen molar-refractivity contribution in [3.8, 4) is 0 Å². The largest absolute Gasteiger partial charge is 0.456 e. The SMILES string of the molecule is Nc1cc2oc3ccc(Cl)cc3c2cc1SCc1ccccc1. The molecule has 0 unspecified atom stereocenters. The molecule has 0 bridgehead atoms. The van der Waals surface area contributed by atoms with Gasteiger partial charge >= 0.3 is 0 Å². The summed E-state index contributed by atoms with van der Waals surface area (Å²) in [5.41, 5.74) is 9.83. The second kappa shape index (κ2) is 5.84. The molecule has 0 atom stereocenters. The third kappa shape index (κ3) is 2.78. The molecule has 0 spiro atoms. The number of furan rings is 1. The minimum absolute atomic E-state index is 0.704. The summed E-state index contributed by atoms with van der Waals surface area (Å²) in [6, 6.07) is 20.0. The quantitative estimate of drug-likeness (QED) is 0.361. The van der Waals surface area contributed by atoms with Crippen LogP contribution in [0.1, 0.15) is 5.56 Å². The Morgan fingerprint density at radius 3 is 2.52 bits per heavy atom. The Morgan fingerprint density at radius 1 is 0.913 bits per heavy atom. The Kier molecular flexibility index (Phi) is 3.68. The summed E-state index contributed by atoms with van der Waals surface area (Å²) in [5, 5.41) is 2.77. The lowest BCUT2D eigenvalue weighted by molar-refractivity contribution is 0.669. The Bertz CT molecular complexity index is 995. The van der Waals surface area contributed by atoms with Gasteiger partial charge in [-0.3, -0.25) is 0 Å². The molecule has 4 rings (SSSR count). The van der Waals surface area contributed by atoms with Crippen LogP contribution in [0.3, 0.4) is 0 Å². The summed E-state index contributed by atoms with van der Waals surface area (Å²) in [7, 11) is 0. The van der Waals surface area contributed by atoms with Gasteiger partial charge in [0.05, 0.1) is 0 Å². The van der Waals surface area contributed by atoms with Gasteiger partial charge in [0.15, 0.2) is 0 Å². The van der Waals surface area contributed by atoms with Gasteiger partial charge in [-0.2, -0.15) is 0 Å². The van der Waals surface area contributed by atoms with Crippen molar-refractivity contribution in [3.63, 3.8) is 0 Å². The minimum atomic E-state index is 0.704. The van der Waals surface area contributed by atoms with E-state index in [0.717, 1.165) is 38.3 Å². The normalized spacial score (nSPS) is 11.3. The van der Waals surface area contributed by atoms with Crippen LogP contribution in [0.25, 0.3) is 21.9 Å². The number of rotatable bonds is 3. The van der Waals surface area contributed by atoms with Gasteiger partial charge in [-0.15, -0.1) is 11.8 Å². The molecular formula is C19H14ClNOS. The van der Waals surface area contributed by atoms with E-state index in [9.17, 15) is 0 Å². The molecule has 0 fully saturated rings. The molecule has 1 aromatic heterocycles. The maximum atomic E-state index is 6.20. The van der Waals surface area contributed by atoms with Crippen LogP contribution < -0.4 is 5.73 Å². The van der Waals surface area contributed by atoms with Crippen LogP contribution >= 0.6 is 23.4 Å². The number of benzene rings is 3. The zero-order valence-electron chi connectivity index (χ0n) is 12.3. The number of nitrogen functional groups attached to an aromatic ring is 1. The Balaban J connectivity index is 1.76. The van der Waals surface area contributed by atoms with E-state index in [4.69, 9.17) is 21.8 Å². The maximum absolute atomic E-state index is 6.20. The molecule has 0 saturated carbocycles. The maximum Gasteiger partial charge on any atom is 0.137 e. The Labute approximate surface area is 143 Å². The van der Waals surface area contributed by atoms with Crippen molar-refractivity contribution in [2.24, 2.45) is 0 Å². The molecule has 0 aliphatic carbocycles. The monoisotopic (exact) mass is 339 g/mol. The van der Waals surface area contributed by atoms with Crippen molar-refractivity contribution in [2.75, 3.05) is 5.73 Å². The molecule has 0 radical (unpaired) electrons. The van der Waals surface area contributed by atoms with Crippen LogP contribution in [0.5, 0.6) is 0 Å². The highest BCUT2D eigenvalue weighted by molar-refractivity contribution is 7.98. The van der Waals surface area contributed by atoms with Gasteiger partial charge in [0.1, 0.15) is 11.2 Å². The predicted molar refractivity (Wildman–Crippen MR) is 99.1 cm³/mol. The van der Waals surface area contributed by atoms with Crippen molar-refractivity contribution in [1.29, 1.82) is 0 Å². The van der Waals surface area contributed by atoms with E-state index in [1.165, 1.54) is 5.56 Å². The highest BCUT2D eigenvalue weighted by Crippen LogP contribution is 2.37. The lowest BCUT2D eigenvalue weighted by Gasteiger charge is -2.06. The number of thioether (sulfide) groups is 1. The molecule has 0 amide bonds. The zero-order valence-corrected chi connectivity index (χ0v) is 13.8. The summed E-state index contributed by atoms with van der Waals surface area (Å²) in [4.78, 5) is 1.06.